The monoisotopic (exact) mass is 252 g/mol. The molecule has 102 valence electrons. The van der Waals surface area contributed by atoms with Gasteiger partial charge in [-0.2, -0.15) is 5.10 Å². The van der Waals surface area contributed by atoms with Crippen molar-refractivity contribution in [3.05, 3.63) is 5.69 Å². The SMILES string of the molecule is CCCc1nn(C)c(NC2(CO)CCCC2)c1N. The molecule has 0 spiro atoms. The van der Waals surface area contributed by atoms with Gasteiger partial charge in [0.15, 0.2) is 0 Å². The van der Waals surface area contributed by atoms with E-state index in [2.05, 4.69) is 17.3 Å². The Morgan fingerprint density at radius 1 is 1.44 bits per heavy atom. The van der Waals surface area contributed by atoms with E-state index in [0.717, 1.165) is 55.7 Å². The first-order valence-corrected chi connectivity index (χ1v) is 6.82. The average molecular weight is 252 g/mol. The first-order chi connectivity index (χ1) is 8.62. The van der Waals surface area contributed by atoms with Crippen LogP contribution in [0.5, 0.6) is 0 Å². The Hall–Kier alpha value is -1.23. The molecule has 0 saturated heterocycles. The molecule has 1 fully saturated rings. The van der Waals surface area contributed by atoms with Crippen LogP contribution in [0.3, 0.4) is 0 Å². The van der Waals surface area contributed by atoms with Gasteiger partial charge < -0.3 is 16.2 Å². The minimum absolute atomic E-state index is 0.154. The van der Waals surface area contributed by atoms with Crippen LogP contribution in [0.25, 0.3) is 0 Å². The van der Waals surface area contributed by atoms with Crippen molar-refractivity contribution < 1.29 is 5.11 Å². The predicted octanol–water partition coefficient (Wildman–Crippen LogP) is 1.67. The van der Waals surface area contributed by atoms with E-state index in [1.54, 1.807) is 4.68 Å². The number of nitrogens with two attached hydrogens (primary N) is 1. The van der Waals surface area contributed by atoms with Crippen LogP contribution < -0.4 is 11.1 Å². The highest BCUT2D eigenvalue weighted by Gasteiger charge is 2.34. The molecule has 1 aromatic rings. The number of anilines is 2. The molecule has 5 heteroatoms. The van der Waals surface area contributed by atoms with Gasteiger partial charge >= 0.3 is 0 Å². The second-order valence-corrected chi connectivity index (χ2v) is 5.35. The van der Waals surface area contributed by atoms with Crippen molar-refractivity contribution in [1.29, 1.82) is 0 Å². The lowest BCUT2D eigenvalue weighted by atomic mass is 9.99. The summed E-state index contributed by atoms with van der Waals surface area (Å²) in [5.41, 5.74) is 7.64. The molecule has 1 aromatic heterocycles. The summed E-state index contributed by atoms with van der Waals surface area (Å²) in [6.07, 6.45) is 6.24. The van der Waals surface area contributed by atoms with E-state index in [4.69, 9.17) is 5.73 Å². The molecule has 0 amide bonds. The van der Waals surface area contributed by atoms with Crippen LogP contribution >= 0.6 is 0 Å². The average Bonchev–Trinajstić information content (AvgIpc) is 2.92. The van der Waals surface area contributed by atoms with E-state index in [9.17, 15) is 5.11 Å². The van der Waals surface area contributed by atoms with Crippen LogP contribution in [0.1, 0.15) is 44.7 Å². The Morgan fingerprint density at radius 2 is 2.11 bits per heavy atom. The largest absolute Gasteiger partial charge is 0.394 e. The van der Waals surface area contributed by atoms with Crippen molar-refractivity contribution in [3.8, 4) is 0 Å². The van der Waals surface area contributed by atoms with E-state index < -0.39 is 0 Å². The fourth-order valence-corrected chi connectivity index (χ4v) is 2.79. The highest BCUT2D eigenvalue weighted by atomic mass is 16.3. The smallest absolute Gasteiger partial charge is 0.148 e. The summed E-state index contributed by atoms with van der Waals surface area (Å²) in [6, 6.07) is 0. The van der Waals surface area contributed by atoms with Crippen LogP contribution in [0.15, 0.2) is 0 Å². The van der Waals surface area contributed by atoms with Crippen molar-refractivity contribution in [2.45, 2.75) is 51.0 Å². The predicted molar refractivity (Wildman–Crippen MR) is 73.5 cm³/mol. The molecule has 5 nitrogen and oxygen atoms in total. The molecule has 0 bridgehead atoms. The molecule has 1 saturated carbocycles. The van der Waals surface area contributed by atoms with Gasteiger partial charge in [0.1, 0.15) is 5.82 Å². The molecule has 0 unspecified atom stereocenters. The molecular weight excluding hydrogens is 228 g/mol. The number of nitrogens with one attached hydrogen (secondary N) is 1. The van der Waals surface area contributed by atoms with E-state index in [1.807, 2.05) is 7.05 Å². The summed E-state index contributed by atoms with van der Waals surface area (Å²) in [5, 5.41) is 17.5. The number of aliphatic hydroxyl groups excluding tert-OH is 1. The lowest BCUT2D eigenvalue weighted by Gasteiger charge is -2.29. The molecule has 4 N–H and O–H groups in total. The van der Waals surface area contributed by atoms with E-state index in [0.29, 0.717) is 0 Å². The molecule has 0 aromatic carbocycles. The third kappa shape index (κ3) is 2.32. The number of aromatic nitrogens is 2. The lowest BCUT2D eigenvalue weighted by molar-refractivity contribution is 0.213. The Balaban J connectivity index is 2.22. The maximum absolute atomic E-state index is 9.64. The van der Waals surface area contributed by atoms with Crippen molar-refractivity contribution >= 4 is 11.5 Å². The fourth-order valence-electron chi connectivity index (χ4n) is 2.79. The molecular formula is C13H24N4O. The zero-order chi connectivity index (χ0) is 13.2. The normalized spacial score (nSPS) is 18.2. The quantitative estimate of drug-likeness (QED) is 0.745. The molecule has 0 aliphatic heterocycles. The van der Waals surface area contributed by atoms with E-state index >= 15 is 0 Å². The first-order valence-electron chi connectivity index (χ1n) is 6.82. The standard InChI is InChI=1S/C13H24N4O/c1-3-6-10-11(14)12(17(2)16-10)15-13(9-18)7-4-5-8-13/h15,18H,3-9,14H2,1-2H3. The van der Waals surface area contributed by atoms with Crippen LogP contribution in [0.2, 0.25) is 0 Å². The van der Waals surface area contributed by atoms with Crippen LogP contribution in [0, 0.1) is 0 Å². The van der Waals surface area contributed by atoms with Gasteiger partial charge in [0.25, 0.3) is 0 Å². The number of nitrogens with zero attached hydrogens (tertiary/aromatic N) is 2. The van der Waals surface area contributed by atoms with Gasteiger partial charge in [-0.25, -0.2) is 0 Å². The maximum atomic E-state index is 9.64. The molecule has 1 heterocycles. The molecule has 2 rings (SSSR count). The summed E-state index contributed by atoms with van der Waals surface area (Å²) in [6.45, 7) is 2.27. The van der Waals surface area contributed by atoms with E-state index in [-0.39, 0.29) is 12.1 Å². The Kier molecular flexibility index (Phi) is 3.80. The molecule has 1 aliphatic rings. The highest BCUT2D eigenvalue weighted by Crippen LogP contribution is 2.35. The van der Waals surface area contributed by atoms with Gasteiger partial charge in [-0.05, 0) is 19.3 Å². The number of hydrogen-bond acceptors (Lipinski definition) is 4. The minimum Gasteiger partial charge on any atom is -0.394 e. The van der Waals surface area contributed by atoms with Gasteiger partial charge in [0.05, 0.1) is 23.5 Å². The van der Waals surface area contributed by atoms with Crippen LogP contribution in [-0.4, -0.2) is 27.0 Å². The number of rotatable bonds is 5. The molecule has 0 atom stereocenters. The Morgan fingerprint density at radius 3 is 2.67 bits per heavy atom. The lowest BCUT2D eigenvalue weighted by Crippen LogP contribution is -2.39. The van der Waals surface area contributed by atoms with Gasteiger partial charge in [-0.3, -0.25) is 4.68 Å². The third-order valence-corrected chi connectivity index (χ3v) is 3.89. The topological polar surface area (TPSA) is 76.1 Å². The second-order valence-electron chi connectivity index (χ2n) is 5.35. The van der Waals surface area contributed by atoms with E-state index in [1.165, 1.54) is 0 Å². The zero-order valence-electron chi connectivity index (χ0n) is 11.4. The van der Waals surface area contributed by atoms with Crippen LogP contribution in [-0.2, 0) is 13.5 Å². The van der Waals surface area contributed by atoms with Crippen molar-refractivity contribution in [2.24, 2.45) is 7.05 Å². The molecule has 0 radical (unpaired) electrons. The zero-order valence-corrected chi connectivity index (χ0v) is 11.4. The van der Waals surface area contributed by atoms with Crippen molar-refractivity contribution in [1.82, 2.24) is 9.78 Å². The number of hydrogen-bond donors (Lipinski definition) is 3. The summed E-state index contributed by atoms with van der Waals surface area (Å²) in [5.74, 6) is 0.856. The Bertz CT molecular complexity index is 407. The maximum Gasteiger partial charge on any atom is 0.148 e. The van der Waals surface area contributed by atoms with Gasteiger partial charge in [-0.15, -0.1) is 0 Å². The number of aliphatic hydroxyl groups is 1. The summed E-state index contributed by atoms with van der Waals surface area (Å²) < 4.78 is 1.80. The first kappa shape index (κ1) is 13.2. The highest BCUT2D eigenvalue weighted by molar-refractivity contribution is 5.66. The minimum atomic E-state index is -0.203. The number of aryl methyl sites for hydroxylation is 2. The summed E-state index contributed by atoms with van der Waals surface area (Å²) in [7, 11) is 1.90. The van der Waals surface area contributed by atoms with Gasteiger partial charge in [-0.1, -0.05) is 26.2 Å². The van der Waals surface area contributed by atoms with Gasteiger partial charge in [0, 0.05) is 7.05 Å². The second kappa shape index (κ2) is 5.18. The van der Waals surface area contributed by atoms with Gasteiger partial charge in [0.2, 0.25) is 0 Å². The van der Waals surface area contributed by atoms with Crippen molar-refractivity contribution in [3.63, 3.8) is 0 Å². The summed E-state index contributed by atoms with van der Waals surface area (Å²) >= 11 is 0. The fraction of sp³-hybridized carbons (Fsp3) is 0.769. The van der Waals surface area contributed by atoms with Crippen LogP contribution in [0.4, 0.5) is 11.5 Å². The third-order valence-electron chi connectivity index (χ3n) is 3.89. The Labute approximate surface area is 108 Å². The summed E-state index contributed by atoms with van der Waals surface area (Å²) in [4.78, 5) is 0. The van der Waals surface area contributed by atoms with Crippen molar-refractivity contribution in [2.75, 3.05) is 17.7 Å². The number of nitrogen functional groups attached to an aromatic ring is 1. The molecule has 1 aliphatic carbocycles. The molecule has 18 heavy (non-hydrogen) atoms.